The summed E-state index contributed by atoms with van der Waals surface area (Å²) in [5.74, 6) is 0.423. The zero-order valence-electron chi connectivity index (χ0n) is 13.5. The number of hydrogen-bond donors (Lipinski definition) is 2. The zero-order chi connectivity index (χ0) is 16.5. The molecule has 1 heterocycles. The molecule has 0 bridgehead atoms. The van der Waals surface area contributed by atoms with Gasteiger partial charge in [0.2, 0.25) is 5.91 Å². The lowest BCUT2D eigenvalue weighted by Crippen LogP contribution is -2.25. The summed E-state index contributed by atoms with van der Waals surface area (Å²) in [5.41, 5.74) is 4.53. The van der Waals surface area contributed by atoms with Crippen LogP contribution in [0.3, 0.4) is 0 Å². The summed E-state index contributed by atoms with van der Waals surface area (Å²) in [4.78, 5) is 12.3. The van der Waals surface area contributed by atoms with Crippen molar-refractivity contribution >= 4 is 22.9 Å². The molecule has 4 rings (SSSR count). The van der Waals surface area contributed by atoms with Crippen LogP contribution in [-0.4, -0.2) is 16.1 Å². The molecule has 1 amide bonds. The Bertz CT molecular complexity index is 925. The Hall–Kier alpha value is -2.88. The second-order valence-electron chi connectivity index (χ2n) is 6.38. The van der Waals surface area contributed by atoms with E-state index in [1.807, 2.05) is 30.3 Å². The minimum atomic E-state index is -0.0615. The van der Waals surface area contributed by atoms with Gasteiger partial charge in [-0.05, 0) is 41.2 Å². The first-order chi connectivity index (χ1) is 11.7. The van der Waals surface area contributed by atoms with Crippen LogP contribution in [0, 0.1) is 0 Å². The van der Waals surface area contributed by atoms with Crippen LogP contribution in [0.1, 0.15) is 42.0 Å². The molecule has 0 fully saturated rings. The summed E-state index contributed by atoms with van der Waals surface area (Å²) < 4.78 is 0. The van der Waals surface area contributed by atoms with Crippen LogP contribution in [0.2, 0.25) is 0 Å². The van der Waals surface area contributed by atoms with Crippen molar-refractivity contribution in [1.29, 1.82) is 0 Å². The summed E-state index contributed by atoms with van der Waals surface area (Å²) in [7, 11) is 0. The van der Waals surface area contributed by atoms with Gasteiger partial charge in [0.15, 0.2) is 0 Å². The van der Waals surface area contributed by atoms with E-state index >= 15 is 0 Å². The quantitative estimate of drug-likeness (QED) is 0.719. The maximum atomic E-state index is 12.3. The van der Waals surface area contributed by atoms with E-state index in [2.05, 4.69) is 40.6 Å². The molecule has 0 saturated heterocycles. The van der Waals surface area contributed by atoms with Crippen molar-refractivity contribution in [2.75, 3.05) is 0 Å². The van der Waals surface area contributed by atoms with Crippen LogP contribution < -0.4 is 5.32 Å². The fourth-order valence-electron chi connectivity index (χ4n) is 3.47. The first-order valence-corrected chi connectivity index (χ1v) is 8.21. The highest BCUT2D eigenvalue weighted by Gasteiger charge is 2.28. The number of rotatable bonds is 3. The molecule has 4 nitrogen and oxygen atoms in total. The van der Waals surface area contributed by atoms with E-state index in [0.29, 0.717) is 5.92 Å². The van der Waals surface area contributed by atoms with Gasteiger partial charge < -0.3 is 5.32 Å². The lowest BCUT2D eigenvalue weighted by Gasteiger charge is -2.12. The summed E-state index contributed by atoms with van der Waals surface area (Å²) in [6.45, 7) is 2.21. The Morgan fingerprint density at radius 2 is 2.08 bits per heavy atom. The lowest BCUT2D eigenvalue weighted by molar-refractivity contribution is -0.117. The summed E-state index contributed by atoms with van der Waals surface area (Å²) in [5, 5.41) is 11.1. The van der Waals surface area contributed by atoms with Crippen LogP contribution in [0.4, 0.5) is 0 Å². The van der Waals surface area contributed by atoms with Gasteiger partial charge >= 0.3 is 0 Å². The number of benzene rings is 2. The van der Waals surface area contributed by atoms with E-state index in [0.717, 1.165) is 22.9 Å². The number of aromatic nitrogens is 2. The standard InChI is InChI=1S/C20H19N3O/c1-13-10-19(17-5-3-2-4-16(13)17)22-20(24)9-7-14-6-8-15-12-21-23-18(15)11-14/h2-9,11-13,19H,10H2,1H3,(H,21,23)(H,22,24)/b9-7+. The van der Waals surface area contributed by atoms with Gasteiger partial charge in [-0.15, -0.1) is 0 Å². The molecule has 0 radical (unpaired) electrons. The number of carbonyl (C=O) groups is 1. The Balaban J connectivity index is 1.47. The molecule has 2 atom stereocenters. The highest BCUT2D eigenvalue weighted by Crippen LogP contribution is 2.39. The molecule has 1 aliphatic rings. The first kappa shape index (κ1) is 14.7. The largest absolute Gasteiger partial charge is 0.346 e. The third-order valence-electron chi connectivity index (χ3n) is 4.70. The zero-order valence-corrected chi connectivity index (χ0v) is 13.5. The fraction of sp³-hybridized carbons (Fsp3) is 0.200. The number of H-pyrrole nitrogens is 1. The van der Waals surface area contributed by atoms with Gasteiger partial charge in [0, 0.05) is 11.5 Å². The number of aromatic amines is 1. The molecule has 0 spiro atoms. The van der Waals surface area contributed by atoms with E-state index in [4.69, 9.17) is 0 Å². The molecule has 2 N–H and O–H groups in total. The summed E-state index contributed by atoms with van der Waals surface area (Å²) >= 11 is 0. The van der Waals surface area contributed by atoms with Gasteiger partial charge in [0.25, 0.3) is 0 Å². The van der Waals surface area contributed by atoms with Crippen molar-refractivity contribution < 1.29 is 4.79 Å². The van der Waals surface area contributed by atoms with E-state index in [1.165, 1.54) is 11.1 Å². The minimum absolute atomic E-state index is 0.0615. The van der Waals surface area contributed by atoms with Gasteiger partial charge in [-0.2, -0.15) is 5.10 Å². The molecule has 2 aromatic carbocycles. The Kier molecular flexibility index (Phi) is 3.65. The van der Waals surface area contributed by atoms with Crippen LogP contribution >= 0.6 is 0 Å². The van der Waals surface area contributed by atoms with Crippen LogP contribution in [0.15, 0.2) is 54.7 Å². The second-order valence-corrected chi connectivity index (χ2v) is 6.38. The summed E-state index contributed by atoms with van der Waals surface area (Å²) in [6, 6.07) is 14.4. The molecular formula is C20H19N3O. The van der Waals surface area contributed by atoms with Crippen LogP contribution in [0.25, 0.3) is 17.0 Å². The number of nitrogens with zero attached hydrogens (tertiary/aromatic N) is 1. The first-order valence-electron chi connectivity index (χ1n) is 8.21. The number of fused-ring (bicyclic) bond motifs is 2. The second kappa shape index (κ2) is 5.96. The SMILES string of the molecule is CC1CC(NC(=O)/C=C/c2ccc3cn[nH]c3c2)c2ccccc21. The molecule has 1 aromatic heterocycles. The number of hydrogen-bond acceptors (Lipinski definition) is 2. The Labute approximate surface area is 140 Å². The highest BCUT2D eigenvalue weighted by molar-refractivity contribution is 5.92. The molecule has 120 valence electrons. The molecule has 24 heavy (non-hydrogen) atoms. The van der Waals surface area contributed by atoms with Gasteiger partial charge in [-0.25, -0.2) is 0 Å². The van der Waals surface area contributed by atoms with Crippen molar-refractivity contribution in [2.45, 2.75) is 25.3 Å². The predicted octanol–water partition coefficient (Wildman–Crippen LogP) is 3.94. The van der Waals surface area contributed by atoms with Crippen molar-refractivity contribution in [3.8, 4) is 0 Å². The molecule has 1 aliphatic carbocycles. The Morgan fingerprint density at radius 1 is 1.25 bits per heavy atom. The molecule has 4 heteroatoms. The molecule has 2 unspecified atom stereocenters. The van der Waals surface area contributed by atoms with Crippen molar-refractivity contribution in [3.63, 3.8) is 0 Å². The molecular weight excluding hydrogens is 298 g/mol. The van der Waals surface area contributed by atoms with E-state index in [-0.39, 0.29) is 11.9 Å². The van der Waals surface area contributed by atoms with Crippen LogP contribution in [0.5, 0.6) is 0 Å². The predicted molar refractivity (Wildman–Crippen MR) is 95.5 cm³/mol. The van der Waals surface area contributed by atoms with E-state index in [9.17, 15) is 4.79 Å². The minimum Gasteiger partial charge on any atom is -0.346 e. The number of carbonyl (C=O) groups excluding carboxylic acids is 1. The third kappa shape index (κ3) is 2.71. The van der Waals surface area contributed by atoms with E-state index in [1.54, 1.807) is 12.3 Å². The van der Waals surface area contributed by atoms with Gasteiger partial charge in [0.1, 0.15) is 0 Å². The maximum absolute atomic E-state index is 12.3. The van der Waals surface area contributed by atoms with Gasteiger partial charge in [-0.1, -0.05) is 43.3 Å². The smallest absolute Gasteiger partial charge is 0.244 e. The Morgan fingerprint density at radius 3 is 2.96 bits per heavy atom. The molecule has 0 saturated carbocycles. The van der Waals surface area contributed by atoms with Gasteiger partial charge in [0.05, 0.1) is 17.8 Å². The van der Waals surface area contributed by atoms with E-state index < -0.39 is 0 Å². The third-order valence-corrected chi connectivity index (χ3v) is 4.70. The lowest BCUT2D eigenvalue weighted by atomic mass is 10.0. The monoisotopic (exact) mass is 317 g/mol. The van der Waals surface area contributed by atoms with Gasteiger partial charge in [-0.3, -0.25) is 9.89 Å². The van der Waals surface area contributed by atoms with Crippen molar-refractivity contribution in [3.05, 3.63) is 71.4 Å². The summed E-state index contributed by atoms with van der Waals surface area (Å²) in [6.07, 6.45) is 6.18. The van der Waals surface area contributed by atoms with Crippen molar-refractivity contribution in [1.82, 2.24) is 15.5 Å². The number of amides is 1. The maximum Gasteiger partial charge on any atom is 0.244 e. The highest BCUT2D eigenvalue weighted by atomic mass is 16.1. The topological polar surface area (TPSA) is 57.8 Å². The van der Waals surface area contributed by atoms with Crippen molar-refractivity contribution in [2.24, 2.45) is 0 Å². The molecule has 3 aromatic rings. The molecule has 0 aliphatic heterocycles. The average molecular weight is 317 g/mol. The van der Waals surface area contributed by atoms with Crippen LogP contribution in [-0.2, 0) is 4.79 Å². The number of nitrogens with one attached hydrogen (secondary N) is 2. The normalized spacial score (nSPS) is 19.7. The average Bonchev–Trinajstić information content (AvgIpc) is 3.18. The fourth-order valence-corrected chi connectivity index (χ4v) is 3.47.